The molecule has 1 rings (SSSR count). The summed E-state index contributed by atoms with van der Waals surface area (Å²) >= 11 is 1.62. The van der Waals surface area contributed by atoms with E-state index in [4.69, 9.17) is 5.73 Å². The van der Waals surface area contributed by atoms with Crippen LogP contribution in [0.2, 0.25) is 0 Å². The van der Waals surface area contributed by atoms with Crippen LogP contribution in [0.4, 0.5) is 5.82 Å². The molecule has 4 nitrogen and oxygen atoms in total. The van der Waals surface area contributed by atoms with Crippen LogP contribution < -0.4 is 11.1 Å². The van der Waals surface area contributed by atoms with Crippen LogP contribution in [0.5, 0.6) is 0 Å². The summed E-state index contributed by atoms with van der Waals surface area (Å²) < 4.78 is 0. The molecule has 0 saturated heterocycles. The van der Waals surface area contributed by atoms with Gasteiger partial charge in [-0.25, -0.2) is 4.98 Å². The van der Waals surface area contributed by atoms with Gasteiger partial charge in [-0.15, -0.1) is 36.6 Å². The quantitative estimate of drug-likeness (QED) is 0.780. The average molecular weight is 340 g/mol. The maximum Gasteiger partial charge on any atom is 0.233 e. The van der Waals surface area contributed by atoms with Gasteiger partial charge in [-0.2, -0.15) is 0 Å². The smallest absolute Gasteiger partial charge is 0.233 e. The Morgan fingerprint density at radius 1 is 1.35 bits per heavy atom. The van der Waals surface area contributed by atoms with E-state index in [1.165, 1.54) is 0 Å². The lowest BCUT2D eigenvalue weighted by molar-refractivity contribution is -0.125. The van der Waals surface area contributed by atoms with Crippen LogP contribution in [0, 0.1) is 5.41 Å². The van der Waals surface area contributed by atoms with Crippen LogP contribution in [-0.2, 0) is 4.79 Å². The molecule has 1 aromatic rings. The molecular formula is C13H23Cl2N3OS. The SMILES string of the molecule is CCC(CC)(CN)C(=O)Nc1ccc(SC)cn1.Cl.Cl. The van der Waals surface area contributed by atoms with Gasteiger partial charge >= 0.3 is 0 Å². The van der Waals surface area contributed by atoms with E-state index >= 15 is 0 Å². The van der Waals surface area contributed by atoms with Crippen LogP contribution in [0.1, 0.15) is 26.7 Å². The number of nitrogens with two attached hydrogens (primary N) is 1. The van der Waals surface area contributed by atoms with Gasteiger partial charge in [0.1, 0.15) is 5.82 Å². The van der Waals surface area contributed by atoms with E-state index in [0.717, 1.165) is 17.7 Å². The molecule has 1 aromatic heterocycles. The van der Waals surface area contributed by atoms with Gasteiger partial charge < -0.3 is 11.1 Å². The zero-order valence-electron chi connectivity index (χ0n) is 12.0. The van der Waals surface area contributed by atoms with E-state index in [1.54, 1.807) is 18.0 Å². The van der Waals surface area contributed by atoms with E-state index in [9.17, 15) is 4.79 Å². The summed E-state index contributed by atoms with van der Waals surface area (Å²) in [7, 11) is 0. The number of aromatic nitrogens is 1. The first-order valence-corrected chi connectivity index (χ1v) is 7.36. The average Bonchev–Trinajstić information content (AvgIpc) is 2.42. The summed E-state index contributed by atoms with van der Waals surface area (Å²) in [5.41, 5.74) is 5.26. The molecule has 0 radical (unpaired) electrons. The summed E-state index contributed by atoms with van der Waals surface area (Å²) in [6, 6.07) is 3.76. The molecule has 3 N–H and O–H groups in total. The van der Waals surface area contributed by atoms with Crippen molar-refractivity contribution in [3.05, 3.63) is 18.3 Å². The number of rotatable bonds is 6. The highest BCUT2D eigenvalue weighted by atomic mass is 35.5. The van der Waals surface area contributed by atoms with Crippen LogP contribution >= 0.6 is 36.6 Å². The molecule has 1 amide bonds. The number of pyridine rings is 1. The third kappa shape index (κ3) is 5.13. The Bertz CT molecular complexity index is 389. The van der Waals surface area contributed by atoms with Gasteiger partial charge in [-0.1, -0.05) is 13.8 Å². The molecule has 0 atom stereocenters. The van der Waals surface area contributed by atoms with Crippen LogP contribution in [0.3, 0.4) is 0 Å². The molecule has 20 heavy (non-hydrogen) atoms. The normalized spacial score (nSPS) is 10.2. The lowest BCUT2D eigenvalue weighted by atomic mass is 9.81. The van der Waals surface area contributed by atoms with Gasteiger partial charge in [0.15, 0.2) is 0 Å². The van der Waals surface area contributed by atoms with Crippen molar-refractivity contribution in [2.24, 2.45) is 11.1 Å². The van der Waals surface area contributed by atoms with Crippen molar-refractivity contribution < 1.29 is 4.79 Å². The highest BCUT2D eigenvalue weighted by Gasteiger charge is 2.33. The predicted octanol–water partition coefficient (Wildman–Crippen LogP) is 3.35. The second-order valence-electron chi connectivity index (χ2n) is 4.23. The zero-order valence-corrected chi connectivity index (χ0v) is 14.5. The van der Waals surface area contributed by atoms with Crippen molar-refractivity contribution in [1.82, 2.24) is 4.98 Å². The molecule has 0 aromatic carbocycles. The van der Waals surface area contributed by atoms with Gasteiger partial charge in [0, 0.05) is 17.6 Å². The molecule has 7 heteroatoms. The number of anilines is 1. The van der Waals surface area contributed by atoms with E-state index in [1.807, 2.05) is 32.2 Å². The van der Waals surface area contributed by atoms with Gasteiger partial charge in [0.05, 0.1) is 5.41 Å². The summed E-state index contributed by atoms with van der Waals surface area (Å²) in [6.07, 6.45) is 5.20. The molecule has 0 unspecified atom stereocenters. The number of halogens is 2. The molecule has 0 aliphatic carbocycles. The number of thioether (sulfide) groups is 1. The van der Waals surface area contributed by atoms with Crippen LogP contribution in [0.25, 0.3) is 0 Å². The minimum atomic E-state index is -0.486. The molecule has 0 spiro atoms. The number of hydrogen-bond acceptors (Lipinski definition) is 4. The fourth-order valence-corrected chi connectivity index (χ4v) is 2.14. The van der Waals surface area contributed by atoms with Crippen molar-refractivity contribution in [2.75, 3.05) is 18.1 Å². The first-order valence-electron chi connectivity index (χ1n) is 6.13. The predicted molar refractivity (Wildman–Crippen MR) is 91.2 cm³/mol. The molecule has 0 aliphatic heterocycles. The maximum absolute atomic E-state index is 12.2. The number of nitrogens with one attached hydrogen (secondary N) is 1. The molecule has 0 aliphatic rings. The molecule has 116 valence electrons. The van der Waals surface area contributed by atoms with Gasteiger partial charge in [-0.05, 0) is 31.2 Å². The van der Waals surface area contributed by atoms with Gasteiger partial charge in [0.25, 0.3) is 0 Å². The standard InChI is InChI=1S/C13H21N3OS.2ClH/c1-4-13(5-2,9-14)12(17)16-11-7-6-10(18-3)8-15-11;;/h6-8H,4-5,9,14H2,1-3H3,(H,15,16,17);2*1H. The maximum atomic E-state index is 12.2. The third-order valence-corrected chi connectivity index (χ3v) is 4.15. The van der Waals surface area contributed by atoms with Crippen LogP contribution in [0.15, 0.2) is 23.2 Å². The summed E-state index contributed by atoms with van der Waals surface area (Å²) in [5, 5.41) is 2.85. The third-order valence-electron chi connectivity index (χ3n) is 3.44. The second-order valence-corrected chi connectivity index (χ2v) is 5.11. The Labute approximate surface area is 137 Å². The van der Waals surface area contributed by atoms with Crippen molar-refractivity contribution >= 4 is 48.3 Å². The minimum absolute atomic E-state index is 0. The topological polar surface area (TPSA) is 68.0 Å². The Morgan fingerprint density at radius 3 is 2.30 bits per heavy atom. The Kier molecular flexibility index (Phi) is 11.2. The van der Waals surface area contributed by atoms with E-state index < -0.39 is 5.41 Å². The lowest BCUT2D eigenvalue weighted by Gasteiger charge is -2.28. The summed E-state index contributed by atoms with van der Waals surface area (Å²) in [4.78, 5) is 17.5. The highest BCUT2D eigenvalue weighted by molar-refractivity contribution is 7.98. The van der Waals surface area contributed by atoms with Crippen molar-refractivity contribution in [2.45, 2.75) is 31.6 Å². The fourth-order valence-electron chi connectivity index (χ4n) is 1.78. The number of nitrogens with zero attached hydrogens (tertiary/aromatic N) is 1. The number of hydrogen-bond donors (Lipinski definition) is 2. The zero-order chi connectivity index (χ0) is 13.6. The van der Waals surface area contributed by atoms with Gasteiger partial charge in [-0.3, -0.25) is 4.79 Å². The molecule has 0 saturated carbocycles. The van der Waals surface area contributed by atoms with Crippen molar-refractivity contribution in [3.63, 3.8) is 0 Å². The monoisotopic (exact) mass is 339 g/mol. The minimum Gasteiger partial charge on any atom is -0.329 e. The summed E-state index contributed by atoms with van der Waals surface area (Å²) in [6.45, 7) is 4.33. The fraction of sp³-hybridized carbons (Fsp3) is 0.538. The number of amides is 1. The van der Waals surface area contributed by atoms with Crippen molar-refractivity contribution in [1.29, 1.82) is 0 Å². The first kappa shape index (κ1) is 21.8. The Hall–Kier alpha value is -0.490. The van der Waals surface area contributed by atoms with E-state index in [2.05, 4.69) is 10.3 Å². The molecule has 0 fully saturated rings. The van der Waals surface area contributed by atoms with E-state index in [-0.39, 0.29) is 30.7 Å². The van der Waals surface area contributed by atoms with Crippen LogP contribution in [-0.4, -0.2) is 23.7 Å². The first-order chi connectivity index (χ1) is 8.61. The number of carbonyl (C=O) groups is 1. The second kappa shape index (κ2) is 10.3. The molecular weight excluding hydrogens is 317 g/mol. The summed E-state index contributed by atoms with van der Waals surface area (Å²) in [5.74, 6) is 0.539. The van der Waals surface area contributed by atoms with Crippen molar-refractivity contribution in [3.8, 4) is 0 Å². The number of carbonyl (C=O) groups excluding carboxylic acids is 1. The highest BCUT2D eigenvalue weighted by Crippen LogP contribution is 2.26. The Balaban J connectivity index is 0. The van der Waals surface area contributed by atoms with Gasteiger partial charge in [0.2, 0.25) is 5.91 Å². The largest absolute Gasteiger partial charge is 0.329 e. The molecule has 0 bridgehead atoms. The lowest BCUT2D eigenvalue weighted by Crippen LogP contribution is -2.41. The van der Waals surface area contributed by atoms with E-state index in [0.29, 0.717) is 12.4 Å². The molecule has 1 heterocycles. The Morgan fingerprint density at radius 2 is 1.95 bits per heavy atom.